The molecule has 0 saturated heterocycles. The average Bonchev–Trinajstić information content (AvgIpc) is 3.15. The van der Waals surface area contributed by atoms with Crippen molar-refractivity contribution in [3.8, 4) is 11.4 Å². The van der Waals surface area contributed by atoms with E-state index in [0.29, 0.717) is 5.16 Å². The number of amides is 1. The quantitative estimate of drug-likeness (QED) is 0.628. The summed E-state index contributed by atoms with van der Waals surface area (Å²) in [7, 11) is 1.60. The van der Waals surface area contributed by atoms with E-state index in [4.69, 9.17) is 4.74 Å². The number of aromatic nitrogens is 4. The van der Waals surface area contributed by atoms with E-state index in [1.165, 1.54) is 23.9 Å². The predicted molar refractivity (Wildman–Crippen MR) is 99.4 cm³/mol. The first kappa shape index (κ1) is 18.8. The Labute approximate surface area is 159 Å². The third kappa shape index (κ3) is 4.82. The Hall–Kier alpha value is -2.94. The molecule has 2 aromatic carbocycles. The number of hydrogen-bond donors (Lipinski definition) is 1. The van der Waals surface area contributed by atoms with Crippen molar-refractivity contribution in [1.82, 2.24) is 25.5 Å². The molecule has 1 N–H and O–H groups in total. The smallest absolute Gasteiger partial charge is 0.230 e. The van der Waals surface area contributed by atoms with Crippen LogP contribution in [0.25, 0.3) is 5.69 Å². The summed E-state index contributed by atoms with van der Waals surface area (Å²) in [4.78, 5) is 12.2. The molecule has 0 aliphatic carbocycles. The summed E-state index contributed by atoms with van der Waals surface area (Å²) in [5.74, 6) is 0.414. The molecule has 0 aliphatic heterocycles. The molecule has 1 aromatic heterocycles. The number of rotatable bonds is 7. The molecular weight excluding hydrogens is 369 g/mol. The molecule has 7 nitrogen and oxygen atoms in total. The Kier molecular flexibility index (Phi) is 6.02. The second-order valence-corrected chi connectivity index (χ2v) is 6.64. The number of halogens is 1. The molecule has 27 heavy (non-hydrogen) atoms. The van der Waals surface area contributed by atoms with Gasteiger partial charge in [0.2, 0.25) is 11.1 Å². The van der Waals surface area contributed by atoms with E-state index in [0.717, 1.165) is 17.0 Å². The van der Waals surface area contributed by atoms with Crippen molar-refractivity contribution >= 4 is 17.7 Å². The lowest BCUT2D eigenvalue weighted by Crippen LogP contribution is -2.28. The predicted octanol–water partition coefficient (Wildman–Crippen LogP) is 2.78. The average molecular weight is 387 g/mol. The van der Waals surface area contributed by atoms with Crippen LogP contribution < -0.4 is 10.1 Å². The van der Waals surface area contributed by atoms with Crippen LogP contribution in [0.15, 0.2) is 53.7 Å². The minimum Gasteiger partial charge on any atom is -0.497 e. The SMILES string of the molecule is COc1ccc(-n2nnnc2SCC(=O)NC(C)c2ccc(F)cc2)cc1. The fraction of sp³-hybridized carbons (Fsp3) is 0.222. The van der Waals surface area contributed by atoms with Crippen molar-refractivity contribution in [2.75, 3.05) is 12.9 Å². The number of methoxy groups -OCH3 is 1. The molecule has 140 valence electrons. The summed E-state index contributed by atoms with van der Waals surface area (Å²) in [6.45, 7) is 1.84. The number of carbonyl (C=O) groups is 1. The van der Waals surface area contributed by atoms with E-state index in [9.17, 15) is 9.18 Å². The Morgan fingerprint density at radius 3 is 2.59 bits per heavy atom. The molecule has 0 fully saturated rings. The number of carbonyl (C=O) groups excluding carboxylic acids is 1. The molecule has 0 saturated carbocycles. The maximum absolute atomic E-state index is 13.0. The van der Waals surface area contributed by atoms with Gasteiger partial charge in [0, 0.05) is 0 Å². The van der Waals surface area contributed by atoms with E-state index in [1.807, 2.05) is 31.2 Å². The zero-order valence-electron chi connectivity index (χ0n) is 14.8. The van der Waals surface area contributed by atoms with E-state index in [2.05, 4.69) is 20.8 Å². The minimum atomic E-state index is -0.307. The Morgan fingerprint density at radius 2 is 1.93 bits per heavy atom. The number of nitrogens with one attached hydrogen (secondary N) is 1. The summed E-state index contributed by atoms with van der Waals surface area (Å²) in [6, 6.07) is 13.1. The highest BCUT2D eigenvalue weighted by atomic mass is 32.2. The standard InChI is InChI=1S/C18H18FN5O2S/c1-12(13-3-5-14(19)6-4-13)20-17(25)11-27-18-21-22-23-24(18)15-7-9-16(26-2)10-8-15/h3-10,12H,11H2,1-2H3,(H,20,25). The lowest BCUT2D eigenvalue weighted by Gasteiger charge is -2.14. The van der Waals surface area contributed by atoms with Gasteiger partial charge in [0.25, 0.3) is 0 Å². The van der Waals surface area contributed by atoms with Gasteiger partial charge in [-0.3, -0.25) is 4.79 Å². The van der Waals surface area contributed by atoms with Gasteiger partial charge in [-0.05, 0) is 59.3 Å². The number of ether oxygens (including phenoxy) is 1. The van der Waals surface area contributed by atoms with Gasteiger partial charge >= 0.3 is 0 Å². The van der Waals surface area contributed by atoms with Crippen LogP contribution in [0.2, 0.25) is 0 Å². The Morgan fingerprint density at radius 1 is 1.22 bits per heavy atom. The van der Waals surface area contributed by atoms with Crippen LogP contribution in [0.3, 0.4) is 0 Å². The van der Waals surface area contributed by atoms with Crippen molar-refractivity contribution in [2.45, 2.75) is 18.1 Å². The van der Waals surface area contributed by atoms with Crippen LogP contribution in [0, 0.1) is 5.82 Å². The topological polar surface area (TPSA) is 81.9 Å². The van der Waals surface area contributed by atoms with E-state index >= 15 is 0 Å². The number of nitrogens with zero attached hydrogens (tertiary/aromatic N) is 4. The highest BCUT2D eigenvalue weighted by molar-refractivity contribution is 7.99. The van der Waals surface area contributed by atoms with Gasteiger partial charge < -0.3 is 10.1 Å². The van der Waals surface area contributed by atoms with Crippen LogP contribution in [-0.2, 0) is 4.79 Å². The molecule has 1 heterocycles. The summed E-state index contributed by atoms with van der Waals surface area (Å²) in [5.41, 5.74) is 1.60. The molecule has 0 aliphatic rings. The normalized spacial score (nSPS) is 11.8. The fourth-order valence-electron chi connectivity index (χ4n) is 2.40. The summed E-state index contributed by atoms with van der Waals surface area (Å²) in [5, 5.41) is 15.0. The summed E-state index contributed by atoms with van der Waals surface area (Å²) in [6.07, 6.45) is 0. The van der Waals surface area contributed by atoms with Crippen molar-refractivity contribution in [2.24, 2.45) is 0 Å². The van der Waals surface area contributed by atoms with Gasteiger partial charge in [0.15, 0.2) is 0 Å². The van der Waals surface area contributed by atoms with Crippen molar-refractivity contribution < 1.29 is 13.9 Å². The number of hydrogen-bond acceptors (Lipinski definition) is 6. The van der Waals surface area contributed by atoms with Gasteiger partial charge in [0.1, 0.15) is 11.6 Å². The zero-order chi connectivity index (χ0) is 19.2. The highest BCUT2D eigenvalue weighted by Gasteiger charge is 2.14. The first-order chi connectivity index (χ1) is 13.1. The third-order valence-electron chi connectivity index (χ3n) is 3.84. The van der Waals surface area contributed by atoms with Gasteiger partial charge in [-0.1, -0.05) is 23.9 Å². The van der Waals surface area contributed by atoms with Gasteiger partial charge in [-0.15, -0.1) is 5.10 Å². The van der Waals surface area contributed by atoms with E-state index in [-0.39, 0.29) is 23.5 Å². The Bertz CT molecular complexity index is 899. The first-order valence-electron chi connectivity index (χ1n) is 8.17. The van der Waals surface area contributed by atoms with Crippen LogP contribution in [0.4, 0.5) is 4.39 Å². The molecule has 3 aromatic rings. The molecule has 1 amide bonds. The number of tetrazole rings is 1. The van der Waals surface area contributed by atoms with E-state index in [1.54, 1.807) is 23.9 Å². The van der Waals surface area contributed by atoms with Crippen LogP contribution in [0.5, 0.6) is 5.75 Å². The second kappa shape index (κ2) is 8.63. The molecule has 0 bridgehead atoms. The zero-order valence-corrected chi connectivity index (χ0v) is 15.6. The van der Waals surface area contributed by atoms with Crippen molar-refractivity contribution in [1.29, 1.82) is 0 Å². The fourth-order valence-corrected chi connectivity index (χ4v) is 3.10. The minimum absolute atomic E-state index is 0.155. The van der Waals surface area contributed by atoms with Gasteiger partial charge in [-0.2, -0.15) is 4.68 Å². The summed E-state index contributed by atoms with van der Waals surface area (Å²) < 4.78 is 19.7. The van der Waals surface area contributed by atoms with E-state index < -0.39 is 0 Å². The number of thioether (sulfide) groups is 1. The lowest BCUT2D eigenvalue weighted by molar-refractivity contribution is -0.119. The molecule has 0 radical (unpaired) electrons. The van der Waals surface area contributed by atoms with Crippen molar-refractivity contribution in [3.63, 3.8) is 0 Å². The molecular formula is C18H18FN5O2S. The molecule has 1 unspecified atom stereocenters. The number of benzene rings is 2. The van der Waals surface area contributed by atoms with Gasteiger partial charge in [0.05, 0.1) is 24.6 Å². The maximum atomic E-state index is 13.0. The molecule has 9 heteroatoms. The highest BCUT2D eigenvalue weighted by Crippen LogP contribution is 2.20. The first-order valence-corrected chi connectivity index (χ1v) is 9.16. The third-order valence-corrected chi connectivity index (χ3v) is 4.76. The molecule has 1 atom stereocenters. The van der Waals surface area contributed by atoms with Gasteiger partial charge in [-0.25, -0.2) is 4.39 Å². The molecule has 3 rings (SSSR count). The van der Waals surface area contributed by atoms with Crippen molar-refractivity contribution in [3.05, 3.63) is 59.9 Å². The Balaban J connectivity index is 1.59. The second-order valence-electron chi connectivity index (χ2n) is 5.70. The summed E-state index contributed by atoms with van der Waals surface area (Å²) >= 11 is 1.23. The van der Waals surface area contributed by atoms with Crippen LogP contribution in [0.1, 0.15) is 18.5 Å². The van der Waals surface area contributed by atoms with Crippen LogP contribution >= 0.6 is 11.8 Å². The molecule has 0 spiro atoms. The monoisotopic (exact) mass is 387 g/mol. The maximum Gasteiger partial charge on any atom is 0.230 e. The largest absolute Gasteiger partial charge is 0.497 e. The lowest BCUT2D eigenvalue weighted by atomic mass is 10.1. The van der Waals surface area contributed by atoms with Crippen LogP contribution in [-0.4, -0.2) is 39.0 Å².